The van der Waals surface area contributed by atoms with Crippen LogP contribution in [0, 0.1) is 19.8 Å². The smallest absolute Gasteiger partial charge is 0.304 e. The van der Waals surface area contributed by atoms with E-state index in [2.05, 4.69) is 14.9 Å². The molecule has 22 heavy (non-hydrogen) atoms. The molecule has 0 aliphatic carbocycles. The number of aromatic nitrogens is 2. The molecule has 0 spiro atoms. The Morgan fingerprint density at radius 3 is 2.59 bits per heavy atom. The second kappa shape index (κ2) is 6.76. The number of nitrogens with one attached hydrogen (secondary N) is 2. The molecule has 0 bridgehead atoms. The molecule has 1 fully saturated rings. The molecule has 1 aliphatic rings. The van der Waals surface area contributed by atoms with Gasteiger partial charge in [0.1, 0.15) is 4.90 Å². The van der Waals surface area contributed by atoms with E-state index in [1.807, 2.05) is 0 Å². The third-order valence-electron chi connectivity index (χ3n) is 3.87. The van der Waals surface area contributed by atoms with Crippen molar-refractivity contribution in [3.05, 3.63) is 11.4 Å². The first-order chi connectivity index (χ1) is 10.3. The number of carboxylic acids is 1. The summed E-state index contributed by atoms with van der Waals surface area (Å²) in [6.07, 6.45) is 1.04. The van der Waals surface area contributed by atoms with Gasteiger partial charge in [0.15, 0.2) is 0 Å². The Bertz CT molecular complexity index is 615. The molecular weight excluding hydrogens is 310 g/mol. The summed E-state index contributed by atoms with van der Waals surface area (Å²) in [6.45, 7) is 4.26. The van der Waals surface area contributed by atoms with Crippen molar-refractivity contribution < 1.29 is 23.1 Å². The summed E-state index contributed by atoms with van der Waals surface area (Å²) in [4.78, 5) is 11.2. The molecule has 9 heteroatoms. The number of H-pyrrole nitrogens is 1. The quantitative estimate of drug-likeness (QED) is 0.701. The zero-order valence-electron chi connectivity index (χ0n) is 12.6. The summed E-state index contributed by atoms with van der Waals surface area (Å²) < 4.78 is 33.0. The van der Waals surface area contributed by atoms with Crippen LogP contribution in [-0.2, 0) is 19.6 Å². The van der Waals surface area contributed by atoms with E-state index in [1.165, 1.54) is 0 Å². The summed E-state index contributed by atoms with van der Waals surface area (Å²) in [5.74, 6) is -1.08. The third-order valence-corrected chi connectivity index (χ3v) is 5.62. The van der Waals surface area contributed by atoms with Gasteiger partial charge in [-0.1, -0.05) is 0 Å². The van der Waals surface area contributed by atoms with Gasteiger partial charge in [-0.05, 0) is 32.6 Å². The lowest BCUT2D eigenvalue weighted by Crippen LogP contribution is -2.43. The van der Waals surface area contributed by atoms with E-state index in [0.717, 1.165) is 0 Å². The van der Waals surface area contributed by atoms with Gasteiger partial charge in [-0.3, -0.25) is 9.89 Å². The molecule has 2 rings (SSSR count). The van der Waals surface area contributed by atoms with Crippen LogP contribution in [0.1, 0.15) is 30.7 Å². The molecule has 0 amide bonds. The van der Waals surface area contributed by atoms with Crippen LogP contribution in [0.5, 0.6) is 0 Å². The zero-order chi connectivity index (χ0) is 16.3. The summed E-state index contributed by atoms with van der Waals surface area (Å²) in [5, 5.41) is 15.6. The van der Waals surface area contributed by atoms with Gasteiger partial charge in [0.05, 0.1) is 17.8 Å². The fraction of sp³-hybridized carbons (Fsp3) is 0.692. The Labute approximate surface area is 129 Å². The van der Waals surface area contributed by atoms with Crippen LogP contribution in [0.4, 0.5) is 0 Å². The number of hydrogen-bond acceptors (Lipinski definition) is 5. The largest absolute Gasteiger partial charge is 0.481 e. The molecule has 1 atom stereocenters. The van der Waals surface area contributed by atoms with Crippen LogP contribution in [0.2, 0.25) is 0 Å². The number of carboxylic acid groups (broad SMARTS) is 1. The maximum atomic E-state index is 12.6. The monoisotopic (exact) mass is 331 g/mol. The fourth-order valence-corrected chi connectivity index (χ4v) is 4.48. The SMILES string of the molecule is Cc1n[nH]c(C)c1S(=O)(=O)NC(CC(=O)O)C1CCOCC1. The first kappa shape index (κ1) is 16.9. The summed E-state index contributed by atoms with van der Waals surface area (Å²) >= 11 is 0. The molecule has 1 aliphatic heterocycles. The molecule has 0 radical (unpaired) electrons. The Kier molecular flexibility index (Phi) is 5.20. The number of carbonyl (C=O) groups is 1. The summed E-state index contributed by atoms with van der Waals surface area (Å²) in [7, 11) is -3.82. The van der Waals surface area contributed by atoms with Gasteiger partial charge in [0.25, 0.3) is 0 Å². The van der Waals surface area contributed by atoms with E-state index in [4.69, 9.17) is 9.84 Å². The van der Waals surface area contributed by atoms with Crippen LogP contribution in [0.15, 0.2) is 4.90 Å². The van der Waals surface area contributed by atoms with Crippen LogP contribution in [0.3, 0.4) is 0 Å². The molecule has 1 unspecified atom stereocenters. The van der Waals surface area contributed by atoms with Crippen molar-refractivity contribution in [3.63, 3.8) is 0 Å². The molecule has 0 saturated carbocycles. The Balaban J connectivity index is 2.23. The summed E-state index contributed by atoms with van der Waals surface area (Å²) in [6, 6.07) is -0.653. The van der Waals surface area contributed by atoms with Crippen LogP contribution < -0.4 is 4.72 Å². The molecule has 0 aromatic carbocycles. The van der Waals surface area contributed by atoms with Crippen LogP contribution in [-0.4, -0.2) is 48.9 Å². The Morgan fingerprint density at radius 2 is 2.09 bits per heavy atom. The number of aliphatic carboxylic acids is 1. The molecule has 8 nitrogen and oxygen atoms in total. The number of rotatable bonds is 6. The highest BCUT2D eigenvalue weighted by atomic mass is 32.2. The average Bonchev–Trinajstić information content (AvgIpc) is 2.78. The van der Waals surface area contributed by atoms with Crippen molar-refractivity contribution in [2.75, 3.05) is 13.2 Å². The van der Waals surface area contributed by atoms with Crippen molar-refractivity contribution in [2.24, 2.45) is 5.92 Å². The minimum absolute atomic E-state index is 0.0489. The summed E-state index contributed by atoms with van der Waals surface area (Å²) in [5.41, 5.74) is 0.803. The molecule has 2 heterocycles. The second-order valence-electron chi connectivity index (χ2n) is 5.54. The van der Waals surface area contributed by atoms with Crippen LogP contribution >= 0.6 is 0 Å². The van der Waals surface area contributed by atoms with Gasteiger partial charge in [0, 0.05) is 19.3 Å². The fourth-order valence-electron chi connectivity index (χ4n) is 2.81. The molecule has 3 N–H and O–H groups in total. The van der Waals surface area contributed by atoms with Crippen LogP contribution in [0.25, 0.3) is 0 Å². The lowest BCUT2D eigenvalue weighted by Gasteiger charge is -2.29. The molecule has 124 valence electrons. The highest BCUT2D eigenvalue weighted by molar-refractivity contribution is 7.89. The number of ether oxygens (including phenoxy) is 1. The first-order valence-corrected chi connectivity index (χ1v) is 8.63. The van der Waals surface area contributed by atoms with E-state index < -0.39 is 22.0 Å². The predicted octanol–water partition coefficient (Wildman–Crippen LogP) is 0.575. The average molecular weight is 331 g/mol. The van der Waals surface area contributed by atoms with E-state index in [1.54, 1.807) is 13.8 Å². The lowest BCUT2D eigenvalue weighted by atomic mass is 9.90. The molecule has 1 saturated heterocycles. The number of aryl methyl sites for hydroxylation is 2. The topological polar surface area (TPSA) is 121 Å². The van der Waals surface area contributed by atoms with E-state index in [9.17, 15) is 13.2 Å². The van der Waals surface area contributed by atoms with Gasteiger partial charge < -0.3 is 9.84 Å². The highest BCUT2D eigenvalue weighted by Gasteiger charge is 2.32. The zero-order valence-corrected chi connectivity index (χ0v) is 13.4. The Morgan fingerprint density at radius 1 is 1.45 bits per heavy atom. The number of sulfonamides is 1. The van der Waals surface area contributed by atoms with E-state index >= 15 is 0 Å². The molecule has 1 aromatic heterocycles. The van der Waals surface area contributed by atoms with E-state index in [-0.39, 0.29) is 17.2 Å². The standard InChI is InChI=1S/C13H21N3O5S/c1-8-13(9(2)15-14-8)22(19,20)16-11(7-12(17)18)10-3-5-21-6-4-10/h10-11,16H,3-7H2,1-2H3,(H,14,15)(H,17,18). The maximum absolute atomic E-state index is 12.6. The van der Waals surface area contributed by atoms with Crippen molar-refractivity contribution in [2.45, 2.75) is 44.0 Å². The minimum Gasteiger partial charge on any atom is -0.481 e. The normalized spacial score (nSPS) is 18.3. The van der Waals surface area contributed by atoms with Crippen molar-refractivity contribution in [1.29, 1.82) is 0 Å². The molecule has 1 aromatic rings. The molecular formula is C13H21N3O5S. The third kappa shape index (κ3) is 3.84. The van der Waals surface area contributed by atoms with Crippen molar-refractivity contribution in [3.8, 4) is 0 Å². The Hall–Kier alpha value is -1.45. The van der Waals surface area contributed by atoms with Gasteiger partial charge in [0.2, 0.25) is 10.0 Å². The van der Waals surface area contributed by atoms with Gasteiger partial charge >= 0.3 is 5.97 Å². The van der Waals surface area contributed by atoms with E-state index in [0.29, 0.717) is 37.4 Å². The number of aromatic amines is 1. The van der Waals surface area contributed by atoms with Crippen molar-refractivity contribution in [1.82, 2.24) is 14.9 Å². The first-order valence-electron chi connectivity index (χ1n) is 7.14. The minimum atomic E-state index is -3.82. The van der Waals surface area contributed by atoms with Gasteiger partial charge in [-0.2, -0.15) is 5.10 Å². The lowest BCUT2D eigenvalue weighted by molar-refractivity contribution is -0.138. The highest BCUT2D eigenvalue weighted by Crippen LogP contribution is 2.24. The number of hydrogen-bond donors (Lipinski definition) is 3. The predicted molar refractivity (Wildman–Crippen MR) is 78.0 cm³/mol. The van der Waals surface area contributed by atoms with Gasteiger partial charge in [-0.25, -0.2) is 13.1 Å². The van der Waals surface area contributed by atoms with Gasteiger partial charge in [-0.15, -0.1) is 0 Å². The second-order valence-corrected chi connectivity index (χ2v) is 7.19. The van der Waals surface area contributed by atoms with Crippen molar-refractivity contribution >= 4 is 16.0 Å². The maximum Gasteiger partial charge on any atom is 0.304 e. The number of nitrogens with zero attached hydrogens (tertiary/aromatic N) is 1.